The predicted molar refractivity (Wildman–Crippen MR) is 107 cm³/mol. The van der Waals surface area contributed by atoms with Crippen molar-refractivity contribution in [3.63, 3.8) is 0 Å². The average molecular weight is 392 g/mol. The van der Waals surface area contributed by atoms with Gasteiger partial charge >= 0.3 is 0 Å². The molecule has 8 nitrogen and oxygen atoms in total. The zero-order valence-corrected chi connectivity index (χ0v) is 16.3. The average Bonchev–Trinajstić information content (AvgIpc) is 2.77. The maximum Gasteiger partial charge on any atom is 0.227 e. The van der Waals surface area contributed by atoms with Gasteiger partial charge in [-0.3, -0.25) is 0 Å². The molecule has 0 atom stereocenters. The van der Waals surface area contributed by atoms with Gasteiger partial charge < -0.3 is 24.6 Å². The number of ether oxygens (including phenoxy) is 3. The quantitative estimate of drug-likeness (QED) is 0.630. The van der Waals surface area contributed by atoms with Crippen LogP contribution in [0.4, 0.5) is 11.6 Å². The Morgan fingerprint density at radius 2 is 1.83 bits per heavy atom. The monoisotopic (exact) mass is 392 g/mol. The van der Waals surface area contributed by atoms with Gasteiger partial charge in [0.15, 0.2) is 11.5 Å². The van der Waals surface area contributed by atoms with Crippen molar-refractivity contribution in [3.8, 4) is 34.6 Å². The smallest absolute Gasteiger partial charge is 0.227 e. The van der Waals surface area contributed by atoms with Crippen molar-refractivity contribution in [2.75, 3.05) is 26.6 Å². The van der Waals surface area contributed by atoms with Crippen LogP contribution in [0.1, 0.15) is 11.1 Å². The topological polar surface area (TPSA) is 110 Å². The highest BCUT2D eigenvalue weighted by Crippen LogP contribution is 2.35. The van der Waals surface area contributed by atoms with E-state index in [1.807, 2.05) is 6.07 Å². The summed E-state index contributed by atoms with van der Waals surface area (Å²) < 4.78 is 15.8. The summed E-state index contributed by atoms with van der Waals surface area (Å²) in [4.78, 5) is 8.76. The number of nitrogens with zero attached hydrogens (tertiary/aromatic N) is 3. The van der Waals surface area contributed by atoms with E-state index >= 15 is 0 Å². The minimum atomic E-state index is -0.210. The first-order valence-electron chi connectivity index (χ1n) is 8.67. The fraction of sp³-hybridized carbons (Fsp3) is 0.190. The van der Waals surface area contributed by atoms with E-state index in [0.717, 1.165) is 5.56 Å². The SMILES string of the molecule is COc1ccc(-c2ccnc(Nc3cc(CO)c(OC)c(OC)c3)n2)cc1C#N. The summed E-state index contributed by atoms with van der Waals surface area (Å²) in [7, 11) is 4.56. The van der Waals surface area contributed by atoms with Crippen molar-refractivity contribution < 1.29 is 19.3 Å². The summed E-state index contributed by atoms with van der Waals surface area (Å²) in [6.07, 6.45) is 1.62. The molecule has 0 fully saturated rings. The predicted octanol–water partition coefficient (Wildman–Crippen LogP) is 3.28. The van der Waals surface area contributed by atoms with E-state index in [-0.39, 0.29) is 6.61 Å². The van der Waals surface area contributed by atoms with Gasteiger partial charge in [0.1, 0.15) is 11.8 Å². The van der Waals surface area contributed by atoms with Gasteiger partial charge in [-0.05, 0) is 30.3 Å². The Morgan fingerprint density at radius 3 is 2.48 bits per heavy atom. The van der Waals surface area contributed by atoms with Crippen LogP contribution in [-0.4, -0.2) is 36.4 Å². The maximum atomic E-state index is 9.61. The van der Waals surface area contributed by atoms with E-state index in [1.54, 1.807) is 36.5 Å². The summed E-state index contributed by atoms with van der Waals surface area (Å²) in [5, 5.41) is 22.0. The first-order chi connectivity index (χ1) is 14.1. The van der Waals surface area contributed by atoms with Gasteiger partial charge in [-0.15, -0.1) is 0 Å². The maximum absolute atomic E-state index is 9.61. The normalized spacial score (nSPS) is 10.2. The number of nitriles is 1. The number of benzene rings is 2. The van der Waals surface area contributed by atoms with Crippen LogP contribution in [-0.2, 0) is 6.61 Å². The van der Waals surface area contributed by atoms with Crippen molar-refractivity contribution in [2.24, 2.45) is 0 Å². The lowest BCUT2D eigenvalue weighted by Gasteiger charge is -2.14. The second-order valence-corrected chi connectivity index (χ2v) is 5.95. The molecule has 8 heteroatoms. The Hall–Kier alpha value is -3.83. The molecule has 1 aromatic heterocycles. The summed E-state index contributed by atoms with van der Waals surface area (Å²) in [6.45, 7) is -0.210. The fourth-order valence-corrected chi connectivity index (χ4v) is 2.90. The zero-order valence-electron chi connectivity index (χ0n) is 16.3. The van der Waals surface area contributed by atoms with Crippen LogP contribution in [0.5, 0.6) is 17.2 Å². The van der Waals surface area contributed by atoms with Gasteiger partial charge in [-0.2, -0.15) is 5.26 Å². The number of hydrogen-bond acceptors (Lipinski definition) is 8. The number of hydrogen-bond donors (Lipinski definition) is 2. The first kappa shape index (κ1) is 19.9. The zero-order chi connectivity index (χ0) is 20.8. The van der Waals surface area contributed by atoms with E-state index in [9.17, 15) is 10.4 Å². The van der Waals surface area contributed by atoms with Crippen LogP contribution in [0.25, 0.3) is 11.3 Å². The highest BCUT2D eigenvalue weighted by atomic mass is 16.5. The van der Waals surface area contributed by atoms with E-state index in [4.69, 9.17) is 14.2 Å². The molecule has 3 rings (SSSR count). The molecule has 0 saturated heterocycles. The molecule has 0 bridgehead atoms. The van der Waals surface area contributed by atoms with Crippen molar-refractivity contribution in [1.82, 2.24) is 9.97 Å². The minimum absolute atomic E-state index is 0.210. The lowest BCUT2D eigenvalue weighted by atomic mass is 10.1. The van der Waals surface area contributed by atoms with Crippen molar-refractivity contribution in [1.29, 1.82) is 5.26 Å². The minimum Gasteiger partial charge on any atom is -0.495 e. The number of rotatable bonds is 7. The Labute approximate surface area is 168 Å². The van der Waals surface area contributed by atoms with E-state index in [0.29, 0.717) is 45.7 Å². The number of methoxy groups -OCH3 is 3. The van der Waals surface area contributed by atoms with Crippen molar-refractivity contribution >= 4 is 11.6 Å². The molecule has 2 N–H and O–H groups in total. The number of aliphatic hydroxyl groups is 1. The molecule has 0 spiro atoms. The number of anilines is 2. The Morgan fingerprint density at radius 1 is 1.03 bits per heavy atom. The standard InChI is InChI=1S/C21H20N4O4/c1-27-18-5-4-13(8-14(18)11-22)17-6-7-23-21(25-17)24-16-9-15(12-26)20(29-3)19(10-16)28-2/h4-10,26H,12H2,1-3H3,(H,23,24,25). The highest BCUT2D eigenvalue weighted by molar-refractivity contribution is 5.67. The third-order valence-corrected chi connectivity index (χ3v) is 4.25. The van der Waals surface area contributed by atoms with Crippen LogP contribution in [0.2, 0.25) is 0 Å². The number of aliphatic hydroxyl groups excluding tert-OH is 1. The lowest BCUT2D eigenvalue weighted by molar-refractivity contribution is 0.270. The summed E-state index contributed by atoms with van der Waals surface area (Å²) >= 11 is 0. The van der Waals surface area contributed by atoms with Crippen LogP contribution in [0.15, 0.2) is 42.6 Å². The van der Waals surface area contributed by atoms with Gasteiger partial charge in [0.2, 0.25) is 5.95 Å². The molecular formula is C21H20N4O4. The van der Waals surface area contributed by atoms with E-state index in [2.05, 4.69) is 21.4 Å². The van der Waals surface area contributed by atoms with Crippen molar-refractivity contribution in [3.05, 3.63) is 53.7 Å². The van der Waals surface area contributed by atoms with E-state index < -0.39 is 0 Å². The first-order valence-corrected chi connectivity index (χ1v) is 8.67. The summed E-state index contributed by atoms with van der Waals surface area (Å²) in [5.74, 6) is 1.81. The van der Waals surface area contributed by atoms with Crippen LogP contribution in [0.3, 0.4) is 0 Å². The summed E-state index contributed by atoms with van der Waals surface area (Å²) in [6, 6.07) is 12.6. The largest absolute Gasteiger partial charge is 0.495 e. The van der Waals surface area contributed by atoms with Gasteiger partial charge in [-0.1, -0.05) is 0 Å². The number of aromatic nitrogens is 2. The summed E-state index contributed by atoms with van der Waals surface area (Å²) in [5.41, 5.74) is 3.03. The Kier molecular flexibility index (Phi) is 6.12. The molecule has 0 radical (unpaired) electrons. The van der Waals surface area contributed by atoms with Crippen LogP contribution in [0, 0.1) is 11.3 Å². The molecule has 0 amide bonds. The molecule has 0 aliphatic heterocycles. The second-order valence-electron chi connectivity index (χ2n) is 5.95. The second kappa shape index (κ2) is 8.91. The lowest BCUT2D eigenvalue weighted by Crippen LogP contribution is -2.02. The highest BCUT2D eigenvalue weighted by Gasteiger charge is 2.13. The molecule has 0 unspecified atom stereocenters. The molecule has 1 heterocycles. The third-order valence-electron chi connectivity index (χ3n) is 4.25. The molecule has 148 valence electrons. The molecule has 0 aliphatic carbocycles. The molecule has 0 aliphatic rings. The van der Waals surface area contributed by atoms with Gasteiger partial charge in [-0.25, -0.2) is 9.97 Å². The Bertz CT molecular complexity index is 1040. The van der Waals surface area contributed by atoms with Gasteiger partial charge in [0.05, 0.1) is 39.2 Å². The molecule has 3 aromatic rings. The molecule has 0 saturated carbocycles. The fourth-order valence-electron chi connectivity index (χ4n) is 2.90. The number of nitrogens with one attached hydrogen (secondary N) is 1. The Balaban J connectivity index is 1.94. The molecule has 29 heavy (non-hydrogen) atoms. The van der Waals surface area contributed by atoms with Crippen LogP contribution >= 0.6 is 0 Å². The van der Waals surface area contributed by atoms with Gasteiger partial charge in [0, 0.05) is 29.1 Å². The third kappa shape index (κ3) is 4.20. The van der Waals surface area contributed by atoms with Gasteiger partial charge in [0.25, 0.3) is 0 Å². The van der Waals surface area contributed by atoms with E-state index in [1.165, 1.54) is 21.3 Å². The van der Waals surface area contributed by atoms with Crippen molar-refractivity contribution in [2.45, 2.75) is 6.61 Å². The molecular weight excluding hydrogens is 372 g/mol. The van der Waals surface area contributed by atoms with Crippen LogP contribution < -0.4 is 19.5 Å². The molecule has 2 aromatic carbocycles.